The molecule has 0 saturated carbocycles. The van der Waals surface area contributed by atoms with Crippen LogP contribution in [0.4, 0.5) is 0 Å². The van der Waals surface area contributed by atoms with Gasteiger partial charge in [-0.05, 0) is 49.4 Å². The standard InChI is InChI=1S/C39H27N3/c1-3-4-6-13-25(2)41-33-18-11-9-16-27(33)28-20-21-29-32-24-35-36(31-22-23-40(37(31)32)38(29)39(28)41)30-17-10-12-19-34(30)42(35)26-14-7-5-8-15-26/h3-24H,1H2,2H3/b6-4-,25-13+. The summed E-state index contributed by atoms with van der Waals surface area (Å²) in [6.07, 6.45) is 10.3. The molecular formula is C39H27N3. The van der Waals surface area contributed by atoms with Crippen LogP contribution in [0.3, 0.4) is 0 Å². The molecule has 4 aromatic heterocycles. The average Bonchev–Trinajstić information content (AvgIpc) is 3.77. The molecule has 0 spiro atoms. The van der Waals surface area contributed by atoms with Gasteiger partial charge >= 0.3 is 0 Å². The zero-order valence-electron chi connectivity index (χ0n) is 23.3. The summed E-state index contributed by atoms with van der Waals surface area (Å²) < 4.78 is 7.27. The molecule has 42 heavy (non-hydrogen) atoms. The molecule has 5 aromatic carbocycles. The molecule has 0 fully saturated rings. The van der Waals surface area contributed by atoms with E-state index >= 15 is 0 Å². The second kappa shape index (κ2) is 8.48. The summed E-state index contributed by atoms with van der Waals surface area (Å²) in [7, 11) is 0. The van der Waals surface area contributed by atoms with E-state index in [1.807, 2.05) is 12.2 Å². The number of benzene rings is 5. The molecule has 198 valence electrons. The highest BCUT2D eigenvalue weighted by atomic mass is 15.0. The third kappa shape index (κ3) is 2.89. The Labute approximate surface area is 242 Å². The van der Waals surface area contributed by atoms with Crippen molar-refractivity contribution in [3.8, 4) is 5.69 Å². The van der Waals surface area contributed by atoms with Gasteiger partial charge in [-0.1, -0.05) is 91.5 Å². The molecule has 0 aliphatic heterocycles. The van der Waals surface area contributed by atoms with E-state index in [0.717, 1.165) is 0 Å². The van der Waals surface area contributed by atoms with Crippen molar-refractivity contribution in [2.75, 3.05) is 0 Å². The van der Waals surface area contributed by atoms with Crippen molar-refractivity contribution in [1.29, 1.82) is 0 Å². The normalized spacial score (nSPS) is 13.0. The third-order valence-corrected chi connectivity index (χ3v) is 8.90. The first-order valence-electron chi connectivity index (χ1n) is 14.4. The number of fused-ring (bicyclic) bond motifs is 11. The van der Waals surface area contributed by atoms with Crippen LogP contribution in [-0.2, 0) is 0 Å². The van der Waals surface area contributed by atoms with Gasteiger partial charge in [0.15, 0.2) is 0 Å². The minimum atomic E-state index is 1.17. The molecule has 0 radical (unpaired) electrons. The van der Waals surface area contributed by atoms with E-state index < -0.39 is 0 Å². The molecule has 9 aromatic rings. The topological polar surface area (TPSA) is 14.3 Å². The molecule has 0 N–H and O–H groups in total. The molecule has 0 aliphatic rings. The van der Waals surface area contributed by atoms with Gasteiger partial charge in [0.1, 0.15) is 0 Å². The van der Waals surface area contributed by atoms with Crippen LogP contribution in [-0.4, -0.2) is 13.5 Å². The Hall–Kier alpha value is -5.54. The monoisotopic (exact) mass is 537 g/mol. The molecule has 0 bridgehead atoms. The summed E-state index contributed by atoms with van der Waals surface area (Å²) in [5.41, 5.74) is 9.80. The summed E-state index contributed by atoms with van der Waals surface area (Å²) >= 11 is 0. The van der Waals surface area contributed by atoms with E-state index in [1.165, 1.54) is 82.2 Å². The van der Waals surface area contributed by atoms with Crippen LogP contribution in [0.2, 0.25) is 0 Å². The van der Waals surface area contributed by atoms with E-state index in [0.29, 0.717) is 0 Å². The van der Waals surface area contributed by atoms with Gasteiger partial charge in [0.05, 0.1) is 33.1 Å². The Balaban J connectivity index is 1.50. The van der Waals surface area contributed by atoms with Gasteiger partial charge < -0.3 is 13.5 Å². The van der Waals surface area contributed by atoms with E-state index in [2.05, 4.69) is 149 Å². The van der Waals surface area contributed by atoms with Crippen LogP contribution in [0.15, 0.2) is 140 Å². The Morgan fingerprint density at radius 3 is 2.12 bits per heavy atom. The SMILES string of the molecule is C=C/C=C\C=C(/C)n1c2ccccc2c2ccc3c4cc5c(c6ccccc6n5-c5ccccc5)c5ccn(c45)c3c21. The lowest BCUT2D eigenvalue weighted by molar-refractivity contribution is 1.18. The first kappa shape index (κ1) is 23.2. The lowest BCUT2D eigenvalue weighted by Gasteiger charge is -2.09. The number of hydrogen-bond acceptors (Lipinski definition) is 0. The number of aromatic nitrogens is 3. The molecule has 0 amide bonds. The van der Waals surface area contributed by atoms with Crippen LogP contribution in [0.1, 0.15) is 6.92 Å². The van der Waals surface area contributed by atoms with Crippen molar-refractivity contribution in [3.63, 3.8) is 0 Å². The third-order valence-electron chi connectivity index (χ3n) is 8.90. The molecule has 3 heteroatoms. The van der Waals surface area contributed by atoms with Crippen molar-refractivity contribution in [3.05, 3.63) is 140 Å². The van der Waals surface area contributed by atoms with Gasteiger partial charge in [-0.25, -0.2) is 0 Å². The maximum atomic E-state index is 3.84. The number of allylic oxidation sites excluding steroid dienone is 5. The highest BCUT2D eigenvalue weighted by Gasteiger charge is 2.23. The number of hydrogen-bond donors (Lipinski definition) is 0. The van der Waals surface area contributed by atoms with Gasteiger partial charge in [-0.3, -0.25) is 0 Å². The Morgan fingerprint density at radius 1 is 0.595 bits per heavy atom. The maximum absolute atomic E-state index is 3.84. The quantitative estimate of drug-likeness (QED) is 0.198. The van der Waals surface area contributed by atoms with E-state index in [1.54, 1.807) is 0 Å². The minimum Gasteiger partial charge on any atom is -0.313 e. The first-order valence-corrected chi connectivity index (χ1v) is 14.4. The van der Waals surface area contributed by atoms with E-state index in [9.17, 15) is 0 Å². The van der Waals surface area contributed by atoms with Crippen molar-refractivity contribution >= 4 is 76.5 Å². The smallest absolute Gasteiger partial charge is 0.0786 e. The second-order valence-corrected chi connectivity index (χ2v) is 11.1. The van der Waals surface area contributed by atoms with Crippen molar-refractivity contribution in [1.82, 2.24) is 13.5 Å². The van der Waals surface area contributed by atoms with Crippen LogP contribution in [0, 0.1) is 0 Å². The lowest BCUT2D eigenvalue weighted by Crippen LogP contribution is -1.94. The average molecular weight is 538 g/mol. The van der Waals surface area contributed by atoms with E-state index in [-0.39, 0.29) is 0 Å². The summed E-state index contributed by atoms with van der Waals surface area (Å²) in [4.78, 5) is 0. The fourth-order valence-corrected chi connectivity index (χ4v) is 7.26. The molecule has 0 unspecified atom stereocenters. The van der Waals surface area contributed by atoms with Gasteiger partial charge in [0, 0.05) is 55.3 Å². The highest BCUT2D eigenvalue weighted by Crippen LogP contribution is 2.45. The maximum Gasteiger partial charge on any atom is 0.0786 e. The van der Waals surface area contributed by atoms with Crippen molar-refractivity contribution < 1.29 is 0 Å². The fourth-order valence-electron chi connectivity index (χ4n) is 7.26. The molecule has 0 saturated heterocycles. The van der Waals surface area contributed by atoms with Crippen LogP contribution in [0.5, 0.6) is 0 Å². The van der Waals surface area contributed by atoms with Gasteiger partial charge in [-0.15, -0.1) is 0 Å². The summed E-state index contributed by atoms with van der Waals surface area (Å²) in [6.45, 7) is 6.03. The van der Waals surface area contributed by atoms with Gasteiger partial charge in [0.25, 0.3) is 0 Å². The minimum absolute atomic E-state index is 1.17. The number of nitrogens with zero attached hydrogens (tertiary/aromatic N) is 3. The molecule has 0 aliphatic carbocycles. The van der Waals surface area contributed by atoms with Crippen LogP contribution >= 0.6 is 0 Å². The van der Waals surface area contributed by atoms with Crippen molar-refractivity contribution in [2.45, 2.75) is 6.92 Å². The van der Waals surface area contributed by atoms with Gasteiger partial charge in [-0.2, -0.15) is 0 Å². The van der Waals surface area contributed by atoms with Crippen LogP contribution < -0.4 is 0 Å². The zero-order chi connectivity index (χ0) is 27.9. The largest absolute Gasteiger partial charge is 0.313 e. The van der Waals surface area contributed by atoms with E-state index in [4.69, 9.17) is 0 Å². The van der Waals surface area contributed by atoms with Gasteiger partial charge in [0.2, 0.25) is 0 Å². The summed E-state index contributed by atoms with van der Waals surface area (Å²) in [5.74, 6) is 0. The Bertz CT molecular complexity index is 2580. The highest BCUT2D eigenvalue weighted by molar-refractivity contribution is 6.32. The predicted molar refractivity (Wildman–Crippen MR) is 180 cm³/mol. The second-order valence-electron chi connectivity index (χ2n) is 11.1. The summed E-state index contributed by atoms with van der Waals surface area (Å²) in [5, 5.41) is 8.97. The molecule has 9 rings (SSSR count). The number of para-hydroxylation sites is 3. The Morgan fingerprint density at radius 2 is 1.31 bits per heavy atom. The fraction of sp³-hybridized carbons (Fsp3) is 0.0256. The molecule has 4 heterocycles. The van der Waals surface area contributed by atoms with Crippen molar-refractivity contribution in [2.24, 2.45) is 0 Å². The first-order chi connectivity index (χ1) is 20.8. The lowest BCUT2D eigenvalue weighted by atomic mass is 10.0. The van der Waals surface area contributed by atoms with Crippen LogP contribution in [0.25, 0.3) is 82.2 Å². The molecule has 0 atom stereocenters. The molecular weight excluding hydrogens is 510 g/mol. The number of rotatable bonds is 4. The molecule has 3 nitrogen and oxygen atoms in total. The predicted octanol–water partition coefficient (Wildman–Crippen LogP) is 10.5. The zero-order valence-corrected chi connectivity index (χ0v) is 23.3. The summed E-state index contributed by atoms with van der Waals surface area (Å²) in [6, 6.07) is 37.6. The Kier molecular flexibility index (Phi) is 4.68.